The summed E-state index contributed by atoms with van der Waals surface area (Å²) < 4.78 is 56.8. The molecule has 1 saturated carbocycles. The number of carbonyl (C=O) groups is 2. The molecule has 1 fully saturated rings. The van der Waals surface area contributed by atoms with Crippen LogP contribution in [0.3, 0.4) is 0 Å². The lowest BCUT2D eigenvalue weighted by atomic mass is 10.0. The van der Waals surface area contributed by atoms with Crippen LogP contribution in [0.1, 0.15) is 12.8 Å². The van der Waals surface area contributed by atoms with E-state index in [1.807, 2.05) is 0 Å². The molecular formula is C27H22F2N6O5S. The minimum atomic E-state index is -2.24. The van der Waals surface area contributed by atoms with Crippen molar-refractivity contribution in [2.24, 2.45) is 11.1 Å². The van der Waals surface area contributed by atoms with Crippen LogP contribution in [0.15, 0.2) is 79.0 Å². The quantitative estimate of drug-likeness (QED) is 0.154. The summed E-state index contributed by atoms with van der Waals surface area (Å²) in [4.78, 5) is 34.9. The van der Waals surface area contributed by atoms with Crippen molar-refractivity contribution in [2.45, 2.75) is 12.8 Å². The Bertz CT molecular complexity index is 1650. The number of halogens is 2. The first kappa shape index (κ1) is 27.6. The van der Waals surface area contributed by atoms with Gasteiger partial charge in [0.05, 0.1) is 11.4 Å². The number of amides is 2. The maximum atomic E-state index is 15.3. The monoisotopic (exact) mass is 580 g/mol. The molecule has 2 amide bonds. The van der Waals surface area contributed by atoms with Gasteiger partial charge in [-0.25, -0.2) is 18.0 Å². The molecule has 1 unspecified atom stereocenters. The van der Waals surface area contributed by atoms with E-state index in [2.05, 4.69) is 20.0 Å². The van der Waals surface area contributed by atoms with Crippen LogP contribution in [0.4, 0.5) is 37.5 Å². The number of aromatic nitrogens is 2. The molecule has 210 valence electrons. The van der Waals surface area contributed by atoms with E-state index in [9.17, 15) is 18.2 Å². The predicted octanol–water partition coefficient (Wildman–Crippen LogP) is 4.77. The van der Waals surface area contributed by atoms with Crippen molar-refractivity contribution in [1.82, 2.24) is 9.97 Å². The highest BCUT2D eigenvalue weighted by Gasteiger charge is 2.57. The minimum absolute atomic E-state index is 0.00276. The molecule has 0 spiro atoms. The summed E-state index contributed by atoms with van der Waals surface area (Å²) in [5, 5.41) is 2.92. The lowest BCUT2D eigenvalue weighted by molar-refractivity contribution is -0.133. The van der Waals surface area contributed by atoms with Gasteiger partial charge in [0.2, 0.25) is 23.6 Å². The highest BCUT2D eigenvalue weighted by molar-refractivity contribution is 7.80. The van der Waals surface area contributed by atoms with Gasteiger partial charge in [0.1, 0.15) is 11.2 Å². The van der Waals surface area contributed by atoms with Crippen LogP contribution < -0.4 is 25.4 Å². The van der Waals surface area contributed by atoms with E-state index in [4.69, 9.17) is 15.0 Å². The number of primary amides is 1. The molecule has 1 aromatic heterocycles. The van der Waals surface area contributed by atoms with E-state index < -0.39 is 40.1 Å². The van der Waals surface area contributed by atoms with Crippen molar-refractivity contribution in [3.8, 4) is 11.6 Å². The fourth-order valence-electron chi connectivity index (χ4n) is 4.05. The Morgan fingerprint density at radius 1 is 1.00 bits per heavy atom. The third kappa shape index (κ3) is 6.13. The van der Waals surface area contributed by atoms with E-state index in [-0.39, 0.29) is 41.8 Å². The number of ether oxygens (including phenoxy) is 1. The Balaban J connectivity index is 1.38. The minimum Gasteiger partial charge on any atom is -0.436 e. The number of hydrogen-bond acceptors (Lipinski definition) is 7. The molecule has 4 aromatic rings. The zero-order valence-electron chi connectivity index (χ0n) is 21.1. The molecule has 11 nitrogen and oxygen atoms in total. The Hall–Kier alpha value is -4.95. The molecule has 14 heteroatoms. The first-order chi connectivity index (χ1) is 19.6. The lowest BCUT2D eigenvalue weighted by Crippen LogP contribution is -2.41. The normalized spacial score (nSPS) is 14.0. The number of benzene rings is 3. The summed E-state index contributed by atoms with van der Waals surface area (Å²) in [5.74, 6) is -2.90. The van der Waals surface area contributed by atoms with Gasteiger partial charge in [-0.15, -0.1) is 0 Å². The Kier molecular flexibility index (Phi) is 7.59. The zero-order chi connectivity index (χ0) is 29.1. The summed E-state index contributed by atoms with van der Waals surface area (Å²) in [7, 11) is 0. The van der Waals surface area contributed by atoms with Gasteiger partial charge in [-0.05, 0) is 67.4 Å². The molecular weight excluding hydrogens is 558 g/mol. The van der Waals surface area contributed by atoms with Crippen LogP contribution in [0.5, 0.6) is 11.6 Å². The van der Waals surface area contributed by atoms with Crippen molar-refractivity contribution in [3.05, 3.63) is 90.6 Å². The maximum Gasteiger partial charge on any atom is 0.259 e. The standard InChI is InChI=1S/C27H22F2N6O5S/c28-16-4-6-19(7-5-16)35(25(37)27(11-12-27)24(30)36)20-8-9-22(21(29)15-20)40-23-10-13-31-26(33-23)32-17-2-1-3-18(14-17)34-41(38)39/h1-10,13-15,34H,11-12H2,(H2,30,36)(H,38,39)(H,31,32,33). The van der Waals surface area contributed by atoms with Crippen LogP contribution >= 0.6 is 0 Å². The Morgan fingerprint density at radius 2 is 1.71 bits per heavy atom. The summed E-state index contributed by atoms with van der Waals surface area (Å²) in [6, 6.07) is 16.6. The molecule has 5 N–H and O–H groups in total. The number of carbonyl (C=O) groups excluding carboxylic acids is 2. The first-order valence-corrected chi connectivity index (χ1v) is 13.2. The molecule has 0 bridgehead atoms. The molecule has 0 radical (unpaired) electrons. The van der Waals surface area contributed by atoms with Gasteiger partial charge in [-0.2, -0.15) is 4.98 Å². The van der Waals surface area contributed by atoms with Crippen molar-refractivity contribution < 1.29 is 31.9 Å². The van der Waals surface area contributed by atoms with Crippen molar-refractivity contribution in [1.29, 1.82) is 0 Å². The van der Waals surface area contributed by atoms with Crippen LogP contribution in [-0.2, 0) is 20.9 Å². The van der Waals surface area contributed by atoms with Crippen LogP contribution in [0.25, 0.3) is 0 Å². The van der Waals surface area contributed by atoms with E-state index in [0.717, 1.165) is 23.1 Å². The molecule has 1 aliphatic carbocycles. The largest absolute Gasteiger partial charge is 0.436 e. The van der Waals surface area contributed by atoms with Gasteiger partial charge in [-0.1, -0.05) is 6.07 Å². The van der Waals surface area contributed by atoms with E-state index in [1.165, 1.54) is 36.5 Å². The molecule has 41 heavy (non-hydrogen) atoms. The van der Waals surface area contributed by atoms with Crippen molar-refractivity contribution >= 4 is 51.8 Å². The predicted molar refractivity (Wildman–Crippen MR) is 147 cm³/mol. The second-order valence-electron chi connectivity index (χ2n) is 9.06. The van der Waals surface area contributed by atoms with E-state index in [1.54, 1.807) is 24.3 Å². The zero-order valence-corrected chi connectivity index (χ0v) is 21.9. The van der Waals surface area contributed by atoms with Gasteiger partial charge in [0.15, 0.2) is 11.6 Å². The number of anilines is 5. The third-order valence-corrected chi connectivity index (χ3v) is 6.67. The van der Waals surface area contributed by atoms with Gasteiger partial charge in [0.25, 0.3) is 11.3 Å². The second kappa shape index (κ2) is 11.3. The first-order valence-electron chi connectivity index (χ1n) is 12.1. The fourth-order valence-corrected chi connectivity index (χ4v) is 4.38. The number of nitrogens with two attached hydrogens (primary N) is 1. The smallest absolute Gasteiger partial charge is 0.259 e. The summed E-state index contributed by atoms with van der Waals surface area (Å²) in [6.45, 7) is 0. The Labute approximate surface area is 234 Å². The SMILES string of the molecule is NC(=O)C1(C(=O)N(c2ccc(F)cc2)c2ccc(Oc3ccnc(Nc4cccc(NS(=O)O)c4)n3)c(F)c2)CC1. The lowest BCUT2D eigenvalue weighted by Gasteiger charge is -2.26. The molecule has 1 aliphatic rings. The number of hydrogen-bond donors (Lipinski definition) is 4. The van der Waals surface area contributed by atoms with Gasteiger partial charge < -0.3 is 15.8 Å². The molecule has 1 heterocycles. The highest BCUT2D eigenvalue weighted by Crippen LogP contribution is 2.49. The van der Waals surface area contributed by atoms with Crippen molar-refractivity contribution in [2.75, 3.05) is 14.9 Å². The second-order valence-corrected chi connectivity index (χ2v) is 9.76. The van der Waals surface area contributed by atoms with Crippen molar-refractivity contribution in [3.63, 3.8) is 0 Å². The average Bonchev–Trinajstić information content (AvgIpc) is 3.74. The van der Waals surface area contributed by atoms with Gasteiger partial charge >= 0.3 is 0 Å². The molecule has 3 aromatic carbocycles. The number of nitrogens with zero attached hydrogens (tertiary/aromatic N) is 3. The molecule has 0 saturated heterocycles. The van der Waals surface area contributed by atoms with Crippen LogP contribution in [0, 0.1) is 17.0 Å². The Morgan fingerprint density at radius 3 is 2.37 bits per heavy atom. The molecule has 1 atom stereocenters. The highest BCUT2D eigenvalue weighted by atomic mass is 32.2. The number of rotatable bonds is 10. The average molecular weight is 581 g/mol. The fraction of sp³-hybridized carbons (Fsp3) is 0.111. The van der Waals surface area contributed by atoms with Crippen LogP contribution in [0.2, 0.25) is 0 Å². The molecule has 5 rings (SSSR count). The summed E-state index contributed by atoms with van der Waals surface area (Å²) in [5.41, 5.74) is 5.28. The molecule has 0 aliphatic heterocycles. The summed E-state index contributed by atoms with van der Waals surface area (Å²) >= 11 is -2.24. The summed E-state index contributed by atoms with van der Waals surface area (Å²) in [6.07, 6.45) is 1.90. The third-order valence-electron chi connectivity index (χ3n) is 6.26. The van der Waals surface area contributed by atoms with Gasteiger partial charge in [0, 0.05) is 29.7 Å². The maximum absolute atomic E-state index is 15.3. The topological polar surface area (TPSA) is 160 Å². The number of nitrogens with one attached hydrogen (secondary N) is 2. The van der Waals surface area contributed by atoms with E-state index >= 15 is 4.39 Å². The van der Waals surface area contributed by atoms with Gasteiger partial charge in [-0.3, -0.25) is 23.8 Å². The van der Waals surface area contributed by atoms with E-state index in [0.29, 0.717) is 11.4 Å². The van der Waals surface area contributed by atoms with Crippen LogP contribution in [-0.4, -0.2) is 30.5 Å².